The predicted molar refractivity (Wildman–Crippen MR) is 34.6 cm³/mol. The summed E-state index contributed by atoms with van der Waals surface area (Å²) >= 11 is 0. The molecule has 0 heteroatoms. The molecule has 0 aromatic rings. The molecule has 2 rings (SSSR count). The Morgan fingerprint density at radius 1 is 1.50 bits per heavy atom. The molecular formula is C8H10. The zero-order valence-corrected chi connectivity index (χ0v) is 5.15. The van der Waals surface area contributed by atoms with Gasteiger partial charge in [-0.25, -0.2) is 0 Å². The van der Waals surface area contributed by atoms with Gasteiger partial charge in [0.05, 0.1) is 0 Å². The summed E-state index contributed by atoms with van der Waals surface area (Å²) in [4.78, 5) is 0. The highest BCUT2D eigenvalue weighted by molar-refractivity contribution is 5.42. The molecule has 0 radical (unpaired) electrons. The third-order valence-corrected chi connectivity index (χ3v) is 2.21. The zero-order chi connectivity index (χ0) is 5.56. The van der Waals surface area contributed by atoms with Crippen LogP contribution in [0.25, 0.3) is 0 Å². The lowest BCUT2D eigenvalue weighted by Gasteiger charge is -2.19. The van der Waals surface area contributed by atoms with Crippen LogP contribution in [0.4, 0.5) is 0 Å². The fourth-order valence-electron chi connectivity index (χ4n) is 1.50. The largest absolute Gasteiger partial charge is 0.0773 e. The van der Waals surface area contributed by atoms with Crippen LogP contribution in [-0.2, 0) is 0 Å². The second-order valence-electron chi connectivity index (χ2n) is 2.70. The molecule has 0 aromatic heterocycles. The van der Waals surface area contributed by atoms with Crippen molar-refractivity contribution in [3.63, 3.8) is 0 Å². The first-order chi connectivity index (χ1) is 3.88. The van der Waals surface area contributed by atoms with Crippen LogP contribution in [-0.4, -0.2) is 0 Å². The van der Waals surface area contributed by atoms with E-state index in [9.17, 15) is 0 Å². The lowest BCUT2D eigenvalue weighted by Crippen LogP contribution is -2.02. The van der Waals surface area contributed by atoms with Crippen molar-refractivity contribution in [2.45, 2.75) is 19.8 Å². The van der Waals surface area contributed by atoms with Crippen LogP contribution >= 0.6 is 0 Å². The number of hydrogen-bond acceptors (Lipinski definition) is 0. The van der Waals surface area contributed by atoms with Gasteiger partial charge in [-0.05, 0) is 24.3 Å². The Labute approximate surface area is 49.9 Å². The highest BCUT2D eigenvalue weighted by Gasteiger charge is 2.22. The van der Waals surface area contributed by atoms with Crippen LogP contribution in [0.5, 0.6) is 0 Å². The van der Waals surface area contributed by atoms with Crippen molar-refractivity contribution in [2.75, 3.05) is 0 Å². The van der Waals surface area contributed by atoms with Gasteiger partial charge < -0.3 is 0 Å². The van der Waals surface area contributed by atoms with Gasteiger partial charge in [0.15, 0.2) is 0 Å². The summed E-state index contributed by atoms with van der Waals surface area (Å²) in [6, 6.07) is 0. The molecule has 0 saturated heterocycles. The highest BCUT2D eigenvalue weighted by Crippen LogP contribution is 2.39. The average molecular weight is 106 g/mol. The minimum absolute atomic E-state index is 0.777. The molecule has 2 aliphatic rings. The van der Waals surface area contributed by atoms with Gasteiger partial charge in [0.1, 0.15) is 0 Å². The van der Waals surface area contributed by atoms with Gasteiger partial charge >= 0.3 is 0 Å². The Balaban J connectivity index is 2.38. The van der Waals surface area contributed by atoms with E-state index in [-0.39, 0.29) is 0 Å². The maximum Gasteiger partial charge on any atom is -0.00425 e. The van der Waals surface area contributed by atoms with Gasteiger partial charge in [-0.3, -0.25) is 0 Å². The number of hydrogen-bond donors (Lipinski definition) is 0. The Bertz CT molecular complexity index is 172. The Morgan fingerprint density at radius 3 is 2.62 bits per heavy atom. The van der Waals surface area contributed by atoms with E-state index in [4.69, 9.17) is 0 Å². The summed E-state index contributed by atoms with van der Waals surface area (Å²) in [5, 5.41) is 0. The van der Waals surface area contributed by atoms with Crippen molar-refractivity contribution in [2.24, 2.45) is 5.92 Å². The fourth-order valence-corrected chi connectivity index (χ4v) is 1.50. The van der Waals surface area contributed by atoms with Crippen LogP contribution in [0.1, 0.15) is 19.8 Å². The minimum Gasteiger partial charge on any atom is -0.0773 e. The second kappa shape index (κ2) is 1.25. The lowest BCUT2D eigenvalue weighted by atomic mass is 9.86. The maximum atomic E-state index is 2.30. The topological polar surface area (TPSA) is 0 Å². The van der Waals surface area contributed by atoms with E-state index in [2.05, 4.69) is 19.1 Å². The molecule has 2 aliphatic carbocycles. The molecule has 1 unspecified atom stereocenters. The van der Waals surface area contributed by atoms with E-state index < -0.39 is 0 Å². The fraction of sp³-hybridized carbons (Fsp3) is 0.500. The van der Waals surface area contributed by atoms with Crippen LogP contribution in [0, 0.1) is 5.92 Å². The van der Waals surface area contributed by atoms with Crippen molar-refractivity contribution in [3.8, 4) is 0 Å². The van der Waals surface area contributed by atoms with E-state index in [1.807, 2.05) is 0 Å². The van der Waals surface area contributed by atoms with Crippen molar-refractivity contribution in [1.82, 2.24) is 0 Å². The molecule has 0 N–H and O–H groups in total. The molecule has 1 atom stereocenters. The maximum absolute atomic E-state index is 2.30. The van der Waals surface area contributed by atoms with E-state index in [1.165, 1.54) is 12.8 Å². The van der Waals surface area contributed by atoms with Gasteiger partial charge in [-0.15, -0.1) is 0 Å². The molecule has 0 spiro atoms. The molecule has 0 aromatic carbocycles. The van der Waals surface area contributed by atoms with Gasteiger partial charge in [-0.1, -0.05) is 24.6 Å². The van der Waals surface area contributed by atoms with Crippen LogP contribution < -0.4 is 0 Å². The number of rotatable bonds is 0. The monoisotopic (exact) mass is 106 g/mol. The molecule has 0 aliphatic heterocycles. The molecule has 0 saturated carbocycles. The highest BCUT2D eigenvalue weighted by atomic mass is 14.3. The summed E-state index contributed by atoms with van der Waals surface area (Å²) in [7, 11) is 0. The third-order valence-electron chi connectivity index (χ3n) is 2.21. The standard InChI is InChI=1S/C8H10/c1-6-2-3-7-4-5-8(6)7/h2-3,6H,4-5H2,1H3. The van der Waals surface area contributed by atoms with Crippen molar-refractivity contribution >= 4 is 0 Å². The van der Waals surface area contributed by atoms with Crippen LogP contribution in [0.15, 0.2) is 23.3 Å². The molecule has 0 heterocycles. The summed E-state index contributed by atoms with van der Waals surface area (Å²) < 4.78 is 0. The van der Waals surface area contributed by atoms with E-state index >= 15 is 0 Å². The van der Waals surface area contributed by atoms with Gasteiger partial charge in [-0.2, -0.15) is 0 Å². The van der Waals surface area contributed by atoms with Crippen LogP contribution in [0.2, 0.25) is 0 Å². The van der Waals surface area contributed by atoms with Crippen molar-refractivity contribution in [1.29, 1.82) is 0 Å². The first-order valence-corrected chi connectivity index (χ1v) is 3.28. The Kier molecular flexibility index (Phi) is 0.682. The molecule has 0 bridgehead atoms. The summed E-state index contributed by atoms with van der Waals surface area (Å²) in [6.45, 7) is 2.28. The molecule has 0 fully saturated rings. The van der Waals surface area contributed by atoms with E-state index in [0.717, 1.165) is 5.92 Å². The molecule has 8 heavy (non-hydrogen) atoms. The van der Waals surface area contributed by atoms with E-state index in [0.29, 0.717) is 0 Å². The number of allylic oxidation sites excluding steroid dienone is 4. The van der Waals surface area contributed by atoms with Crippen molar-refractivity contribution in [3.05, 3.63) is 23.3 Å². The lowest BCUT2D eigenvalue weighted by molar-refractivity contribution is 0.719. The van der Waals surface area contributed by atoms with Crippen LogP contribution in [0.3, 0.4) is 0 Å². The summed E-state index contributed by atoms with van der Waals surface area (Å²) in [6.07, 6.45) is 7.29. The summed E-state index contributed by atoms with van der Waals surface area (Å²) in [5.41, 5.74) is 3.32. The van der Waals surface area contributed by atoms with Gasteiger partial charge in [0.25, 0.3) is 0 Å². The Hall–Kier alpha value is -0.520. The SMILES string of the molecule is CC1C=CC2=C1CC2. The van der Waals surface area contributed by atoms with E-state index in [1.54, 1.807) is 11.1 Å². The average Bonchev–Trinajstić information content (AvgIpc) is 1.80. The van der Waals surface area contributed by atoms with Gasteiger partial charge in [0.2, 0.25) is 0 Å². The quantitative estimate of drug-likeness (QED) is 0.444. The normalized spacial score (nSPS) is 32.9. The smallest absolute Gasteiger partial charge is 0.00425 e. The molecular weight excluding hydrogens is 96.1 g/mol. The first-order valence-electron chi connectivity index (χ1n) is 3.28. The zero-order valence-electron chi connectivity index (χ0n) is 5.15. The van der Waals surface area contributed by atoms with Gasteiger partial charge in [0, 0.05) is 0 Å². The molecule has 42 valence electrons. The first kappa shape index (κ1) is 4.37. The molecule has 0 amide bonds. The Morgan fingerprint density at radius 2 is 2.38 bits per heavy atom. The second-order valence-corrected chi connectivity index (χ2v) is 2.70. The third kappa shape index (κ3) is 0.360. The van der Waals surface area contributed by atoms with Crippen molar-refractivity contribution < 1.29 is 0 Å². The summed E-state index contributed by atoms with van der Waals surface area (Å²) in [5.74, 6) is 0.777. The predicted octanol–water partition coefficient (Wildman–Crippen LogP) is 2.28. The minimum atomic E-state index is 0.777. The molecule has 0 nitrogen and oxygen atoms in total.